The van der Waals surface area contributed by atoms with Crippen LogP contribution in [0.25, 0.3) is 0 Å². The van der Waals surface area contributed by atoms with Crippen LogP contribution in [0.5, 0.6) is 0 Å². The Hall–Kier alpha value is -0.900. The standard InChI is InChI=1S/C13H9S3/c1-4-14-7-10(1)13(11-2-5-15-8-11)12-3-6-16-9-12/h1-9H. The Morgan fingerprint density at radius 2 is 1.00 bits per heavy atom. The second-order valence-electron chi connectivity index (χ2n) is 3.41. The summed E-state index contributed by atoms with van der Waals surface area (Å²) in [7, 11) is 0. The van der Waals surface area contributed by atoms with Crippen LogP contribution in [-0.4, -0.2) is 0 Å². The summed E-state index contributed by atoms with van der Waals surface area (Å²) < 4.78 is 0. The smallest absolute Gasteiger partial charge is 0.0654 e. The molecule has 0 unspecified atom stereocenters. The predicted molar refractivity (Wildman–Crippen MR) is 73.5 cm³/mol. The minimum atomic E-state index is 1.32. The molecule has 0 aliphatic rings. The van der Waals surface area contributed by atoms with E-state index in [0.29, 0.717) is 0 Å². The van der Waals surface area contributed by atoms with Gasteiger partial charge in [0, 0.05) is 0 Å². The highest BCUT2D eigenvalue weighted by molar-refractivity contribution is 7.08. The van der Waals surface area contributed by atoms with Crippen molar-refractivity contribution >= 4 is 34.0 Å². The number of thiophene rings is 3. The molecule has 0 fully saturated rings. The van der Waals surface area contributed by atoms with E-state index in [4.69, 9.17) is 0 Å². The van der Waals surface area contributed by atoms with Gasteiger partial charge in [-0.05, 0) is 67.2 Å². The molecular weight excluding hydrogens is 252 g/mol. The molecule has 3 aromatic heterocycles. The molecule has 16 heavy (non-hydrogen) atoms. The Balaban J connectivity index is 2.09. The van der Waals surface area contributed by atoms with Gasteiger partial charge in [0.2, 0.25) is 0 Å². The first-order valence-corrected chi connectivity index (χ1v) is 7.72. The van der Waals surface area contributed by atoms with E-state index in [1.54, 1.807) is 34.0 Å². The number of rotatable bonds is 3. The summed E-state index contributed by atoms with van der Waals surface area (Å²) in [5.74, 6) is 1.35. The molecule has 3 rings (SSSR count). The molecule has 3 aromatic rings. The highest BCUT2D eigenvalue weighted by Gasteiger charge is 2.18. The van der Waals surface area contributed by atoms with Gasteiger partial charge in [-0.3, -0.25) is 0 Å². The third kappa shape index (κ3) is 1.86. The van der Waals surface area contributed by atoms with Crippen molar-refractivity contribution in [2.24, 2.45) is 0 Å². The topological polar surface area (TPSA) is 0 Å². The van der Waals surface area contributed by atoms with E-state index in [-0.39, 0.29) is 0 Å². The van der Waals surface area contributed by atoms with Crippen LogP contribution in [0.15, 0.2) is 50.5 Å². The zero-order valence-electron chi connectivity index (χ0n) is 8.42. The van der Waals surface area contributed by atoms with Gasteiger partial charge < -0.3 is 0 Å². The molecule has 0 aliphatic carbocycles. The van der Waals surface area contributed by atoms with Crippen LogP contribution in [-0.2, 0) is 0 Å². The lowest BCUT2D eigenvalue weighted by molar-refractivity contribution is 1.28. The van der Waals surface area contributed by atoms with Gasteiger partial charge in [-0.25, -0.2) is 0 Å². The second kappa shape index (κ2) is 4.53. The zero-order valence-corrected chi connectivity index (χ0v) is 10.9. The van der Waals surface area contributed by atoms with Gasteiger partial charge in [0.15, 0.2) is 0 Å². The van der Waals surface area contributed by atoms with Crippen LogP contribution in [0.4, 0.5) is 0 Å². The quantitative estimate of drug-likeness (QED) is 0.629. The molecule has 0 spiro atoms. The van der Waals surface area contributed by atoms with E-state index in [9.17, 15) is 0 Å². The highest BCUT2D eigenvalue weighted by atomic mass is 32.1. The SMILES string of the molecule is c1cc([C](c2ccsc2)c2ccsc2)cs1. The molecule has 0 aliphatic heterocycles. The fourth-order valence-electron chi connectivity index (χ4n) is 1.72. The van der Waals surface area contributed by atoms with Crippen molar-refractivity contribution in [1.29, 1.82) is 0 Å². The first-order chi connectivity index (χ1) is 7.95. The number of hydrogen-bond acceptors (Lipinski definition) is 3. The van der Waals surface area contributed by atoms with Crippen molar-refractivity contribution in [2.45, 2.75) is 0 Å². The Kier molecular flexibility index (Phi) is 2.91. The fourth-order valence-corrected chi connectivity index (χ4v) is 3.66. The van der Waals surface area contributed by atoms with Gasteiger partial charge in [-0.2, -0.15) is 34.0 Å². The molecular formula is C13H9S3. The first-order valence-electron chi connectivity index (χ1n) is 4.90. The third-order valence-corrected chi connectivity index (χ3v) is 4.48. The van der Waals surface area contributed by atoms with E-state index in [0.717, 1.165) is 0 Å². The first kappa shape index (κ1) is 10.3. The zero-order chi connectivity index (χ0) is 10.8. The summed E-state index contributed by atoms with van der Waals surface area (Å²) in [6, 6.07) is 6.57. The lowest BCUT2D eigenvalue weighted by Crippen LogP contribution is -1.99. The second-order valence-corrected chi connectivity index (χ2v) is 5.75. The van der Waals surface area contributed by atoms with E-state index < -0.39 is 0 Å². The normalized spacial score (nSPS) is 11.1. The maximum absolute atomic E-state index is 2.21. The van der Waals surface area contributed by atoms with Crippen LogP contribution >= 0.6 is 34.0 Å². The maximum Gasteiger partial charge on any atom is 0.0654 e. The van der Waals surface area contributed by atoms with Gasteiger partial charge in [0.25, 0.3) is 0 Å². The molecule has 3 heterocycles. The Morgan fingerprint density at radius 3 is 1.25 bits per heavy atom. The summed E-state index contributed by atoms with van der Waals surface area (Å²) in [6.45, 7) is 0. The van der Waals surface area contributed by atoms with Gasteiger partial charge >= 0.3 is 0 Å². The fraction of sp³-hybridized carbons (Fsp3) is 0. The van der Waals surface area contributed by atoms with Crippen LogP contribution in [0.1, 0.15) is 16.7 Å². The van der Waals surface area contributed by atoms with Crippen molar-refractivity contribution in [1.82, 2.24) is 0 Å². The van der Waals surface area contributed by atoms with E-state index in [1.165, 1.54) is 22.6 Å². The van der Waals surface area contributed by atoms with Crippen LogP contribution in [0.3, 0.4) is 0 Å². The predicted octanol–water partition coefficient (Wildman–Crippen LogP) is 4.89. The molecule has 0 N–H and O–H groups in total. The average Bonchev–Trinajstić information content (AvgIpc) is 3.02. The molecule has 0 aromatic carbocycles. The van der Waals surface area contributed by atoms with Crippen molar-refractivity contribution < 1.29 is 0 Å². The summed E-state index contributed by atoms with van der Waals surface area (Å²) >= 11 is 5.25. The lowest BCUT2D eigenvalue weighted by atomic mass is 9.90. The molecule has 0 atom stereocenters. The van der Waals surface area contributed by atoms with Crippen molar-refractivity contribution in [3.8, 4) is 0 Å². The lowest BCUT2D eigenvalue weighted by Gasteiger charge is -2.11. The largest absolute Gasteiger partial charge is 0.152 e. The molecule has 79 valence electrons. The minimum Gasteiger partial charge on any atom is -0.152 e. The highest BCUT2D eigenvalue weighted by Crippen LogP contribution is 2.34. The third-order valence-electron chi connectivity index (χ3n) is 2.43. The minimum absolute atomic E-state index is 1.32. The average molecular weight is 261 g/mol. The monoisotopic (exact) mass is 261 g/mol. The molecule has 0 nitrogen and oxygen atoms in total. The Bertz CT molecular complexity index is 436. The number of hydrogen-bond donors (Lipinski definition) is 0. The van der Waals surface area contributed by atoms with E-state index in [1.807, 2.05) is 0 Å². The summed E-state index contributed by atoms with van der Waals surface area (Å²) in [4.78, 5) is 0. The molecule has 0 saturated carbocycles. The van der Waals surface area contributed by atoms with Gasteiger partial charge in [0.1, 0.15) is 0 Å². The van der Waals surface area contributed by atoms with Crippen molar-refractivity contribution in [2.75, 3.05) is 0 Å². The van der Waals surface area contributed by atoms with E-state index in [2.05, 4.69) is 50.5 Å². The van der Waals surface area contributed by atoms with Gasteiger partial charge in [-0.1, -0.05) is 0 Å². The van der Waals surface area contributed by atoms with Crippen molar-refractivity contribution in [3.63, 3.8) is 0 Å². The summed E-state index contributed by atoms with van der Waals surface area (Å²) in [5.41, 5.74) is 3.96. The molecule has 3 heteroatoms. The van der Waals surface area contributed by atoms with Crippen LogP contribution in [0.2, 0.25) is 0 Å². The molecule has 0 bridgehead atoms. The van der Waals surface area contributed by atoms with Crippen LogP contribution in [0, 0.1) is 5.92 Å². The Labute approximate surface area is 107 Å². The summed E-state index contributed by atoms with van der Waals surface area (Å²) in [6.07, 6.45) is 0. The van der Waals surface area contributed by atoms with Crippen molar-refractivity contribution in [3.05, 3.63) is 73.1 Å². The van der Waals surface area contributed by atoms with Crippen LogP contribution < -0.4 is 0 Å². The van der Waals surface area contributed by atoms with Gasteiger partial charge in [-0.15, -0.1) is 0 Å². The maximum atomic E-state index is 2.21. The van der Waals surface area contributed by atoms with Gasteiger partial charge in [0.05, 0.1) is 5.92 Å². The molecule has 0 saturated heterocycles. The molecule has 0 amide bonds. The van der Waals surface area contributed by atoms with E-state index >= 15 is 0 Å². The molecule has 1 radical (unpaired) electrons. The summed E-state index contributed by atoms with van der Waals surface area (Å²) in [5, 5.41) is 13.0. The Morgan fingerprint density at radius 1 is 0.625 bits per heavy atom.